The van der Waals surface area contributed by atoms with E-state index in [-0.39, 0.29) is 17.7 Å². The van der Waals surface area contributed by atoms with Gasteiger partial charge in [0.25, 0.3) is 11.8 Å². The number of nitrogens with one attached hydrogen (secondary N) is 2. The molecule has 2 saturated carbocycles. The molecule has 0 heterocycles. The molecule has 0 saturated heterocycles. The second kappa shape index (κ2) is 10.2. The Balaban J connectivity index is 1.23. The molecule has 2 aliphatic rings. The SMILES string of the molecule is O=C(NCCCC(=O)N(Cc1ccc(C(=O)NC2CC2)cc1)C1CC1)c1ccc(Cl)cc1. The van der Waals surface area contributed by atoms with E-state index in [0.717, 1.165) is 31.2 Å². The zero-order chi connectivity index (χ0) is 22.5. The van der Waals surface area contributed by atoms with Crippen molar-refractivity contribution in [3.05, 3.63) is 70.2 Å². The van der Waals surface area contributed by atoms with Crippen LogP contribution in [0.1, 0.15) is 64.8 Å². The van der Waals surface area contributed by atoms with Crippen molar-refractivity contribution >= 4 is 29.3 Å². The van der Waals surface area contributed by atoms with Gasteiger partial charge in [0.05, 0.1) is 0 Å². The van der Waals surface area contributed by atoms with Crippen LogP contribution in [-0.4, -0.2) is 41.2 Å². The maximum atomic E-state index is 12.8. The van der Waals surface area contributed by atoms with Crippen LogP contribution in [0, 0.1) is 0 Å². The molecule has 0 spiro atoms. The molecule has 2 aromatic rings. The lowest BCUT2D eigenvalue weighted by atomic mass is 10.1. The highest BCUT2D eigenvalue weighted by atomic mass is 35.5. The van der Waals surface area contributed by atoms with Crippen LogP contribution in [0.2, 0.25) is 5.02 Å². The fourth-order valence-corrected chi connectivity index (χ4v) is 3.68. The van der Waals surface area contributed by atoms with Gasteiger partial charge in [0.15, 0.2) is 0 Å². The molecule has 2 aromatic carbocycles. The van der Waals surface area contributed by atoms with Gasteiger partial charge < -0.3 is 15.5 Å². The molecule has 4 rings (SSSR count). The quantitative estimate of drug-likeness (QED) is 0.535. The molecule has 0 unspecified atom stereocenters. The van der Waals surface area contributed by atoms with E-state index in [1.807, 2.05) is 29.2 Å². The minimum absolute atomic E-state index is 0.0326. The summed E-state index contributed by atoms with van der Waals surface area (Å²) in [6.45, 7) is 0.988. The summed E-state index contributed by atoms with van der Waals surface area (Å²) in [5.41, 5.74) is 2.22. The summed E-state index contributed by atoms with van der Waals surface area (Å²) >= 11 is 5.85. The standard InChI is InChI=1S/C25H28ClN3O3/c26-20-9-7-18(8-10-20)24(31)27-15-1-2-23(30)29(22-13-14-22)16-17-3-5-19(6-4-17)25(32)28-21-11-12-21/h3-10,21-22H,1-2,11-16H2,(H,27,31)(H,28,32). The average Bonchev–Trinajstić information content (AvgIpc) is 3.71. The van der Waals surface area contributed by atoms with Crippen LogP contribution in [0.15, 0.2) is 48.5 Å². The van der Waals surface area contributed by atoms with E-state index in [0.29, 0.717) is 54.2 Å². The van der Waals surface area contributed by atoms with Crippen molar-refractivity contribution < 1.29 is 14.4 Å². The first-order chi connectivity index (χ1) is 15.5. The lowest BCUT2D eigenvalue weighted by molar-refractivity contribution is -0.132. The lowest BCUT2D eigenvalue weighted by Crippen LogP contribution is -2.33. The molecule has 0 aliphatic heterocycles. The number of nitrogens with zero attached hydrogens (tertiary/aromatic N) is 1. The number of benzene rings is 2. The average molecular weight is 454 g/mol. The van der Waals surface area contributed by atoms with Crippen molar-refractivity contribution in [2.45, 2.75) is 57.2 Å². The number of carbonyl (C=O) groups is 3. The van der Waals surface area contributed by atoms with Crippen LogP contribution in [0.3, 0.4) is 0 Å². The second-order valence-corrected chi connectivity index (χ2v) is 9.00. The minimum Gasteiger partial charge on any atom is -0.352 e. The Hall–Kier alpha value is -2.86. The molecule has 168 valence electrons. The van der Waals surface area contributed by atoms with Crippen molar-refractivity contribution in [3.8, 4) is 0 Å². The topological polar surface area (TPSA) is 78.5 Å². The normalized spacial score (nSPS) is 15.2. The monoisotopic (exact) mass is 453 g/mol. The van der Waals surface area contributed by atoms with Gasteiger partial charge in [-0.3, -0.25) is 14.4 Å². The highest BCUT2D eigenvalue weighted by molar-refractivity contribution is 6.30. The molecular formula is C25H28ClN3O3. The van der Waals surface area contributed by atoms with Crippen LogP contribution in [0.4, 0.5) is 0 Å². The highest BCUT2D eigenvalue weighted by Crippen LogP contribution is 2.29. The summed E-state index contributed by atoms with van der Waals surface area (Å²) in [5.74, 6) is -0.0994. The first-order valence-electron chi connectivity index (χ1n) is 11.2. The third kappa shape index (κ3) is 6.33. The molecule has 3 amide bonds. The van der Waals surface area contributed by atoms with Crippen molar-refractivity contribution in [1.82, 2.24) is 15.5 Å². The van der Waals surface area contributed by atoms with E-state index in [1.54, 1.807) is 24.3 Å². The van der Waals surface area contributed by atoms with Gasteiger partial charge in [-0.25, -0.2) is 0 Å². The first kappa shape index (κ1) is 22.3. The number of carbonyl (C=O) groups excluding carboxylic acids is 3. The number of amides is 3. The molecule has 2 N–H and O–H groups in total. The van der Waals surface area contributed by atoms with Gasteiger partial charge in [-0.15, -0.1) is 0 Å². The van der Waals surface area contributed by atoms with Crippen molar-refractivity contribution in [2.24, 2.45) is 0 Å². The van der Waals surface area contributed by atoms with Crippen LogP contribution in [0.5, 0.6) is 0 Å². The lowest BCUT2D eigenvalue weighted by Gasteiger charge is -2.23. The largest absolute Gasteiger partial charge is 0.352 e. The third-order valence-corrected chi connectivity index (χ3v) is 6.00. The van der Waals surface area contributed by atoms with E-state index < -0.39 is 0 Å². The van der Waals surface area contributed by atoms with Gasteiger partial charge in [-0.1, -0.05) is 23.7 Å². The Bertz CT molecular complexity index is 967. The zero-order valence-corrected chi connectivity index (χ0v) is 18.7. The molecule has 0 radical (unpaired) electrons. The van der Waals surface area contributed by atoms with Gasteiger partial charge in [0.1, 0.15) is 0 Å². The predicted molar refractivity (Wildman–Crippen MR) is 124 cm³/mol. The fraction of sp³-hybridized carbons (Fsp3) is 0.400. The van der Waals surface area contributed by atoms with Crippen LogP contribution >= 0.6 is 11.6 Å². The fourth-order valence-electron chi connectivity index (χ4n) is 3.55. The molecule has 32 heavy (non-hydrogen) atoms. The van der Waals surface area contributed by atoms with E-state index in [1.165, 1.54) is 0 Å². The summed E-state index contributed by atoms with van der Waals surface area (Å²) in [5, 5.41) is 6.42. The third-order valence-electron chi connectivity index (χ3n) is 5.75. The Kier molecular flexibility index (Phi) is 7.10. The predicted octanol–water partition coefficient (Wildman–Crippen LogP) is 3.93. The molecule has 0 aromatic heterocycles. The van der Waals surface area contributed by atoms with Crippen molar-refractivity contribution in [3.63, 3.8) is 0 Å². The summed E-state index contributed by atoms with van der Waals surface area (Å²) in [7, 11) is 0. The maximum Gasteiger partial charge on any atom is 0.251 e. The summed E-state index contributed by atoms with van der Waals surface area (Å²) in [6, 6.07) is 14.9. The van der Waals surface area contributed by atoms with Gasteiger partial charge in [0, 0.05) is 47.7 Å². The Morgan fingerprint density at radius 3 is 2.12 bits per heavy atom. The molecule has 6 nitrogen and oxygen atoms in total. The zero-order valence-electron chi connectivity index (χ0n) is 18.0. The molecule has 2 fully saturated rings. The van der Waals surface area contributed by atoms with Gasteiger partial charge in [0.2, 0.25) is 5.91 Å². The van der Waals surface area contributed by atoms with Crippen LogP contribution < -0.4 is 10.6 Å². The van der Waals surface area contributed by atoms with E-state index in [2.05, 4.69) is 10.6 Å². The number of hydrogen-bond donors (Lipinski definition) is 2. The molecular weight excluding hydrogens is 426 g/mol. The summed E-state index contributed by atoms with van der Waals surface area (Å²) in [4.78, 5) is 39.0. The van der Waals surface area contributed by atoms with Gasteiger partial charge >= 0.3 is 0 Å². The molecule has 0 bridgehead atoms. The van der Waals surface area contributed by atoms with E-state index in [4.69, 9.17) is 11.6 Å². The molecule has 2 aliphatic carbocycles. The van der Waals surface area contributed by atoms with Gasteiger partial charge in [-0.2, -0.15) is 0 Å². The Labute approximate surface area is 193 Å². The second-order valence-electron chi connectivity index (χ2n) is 8.56. The smallest absolute Gasteiger partial charge is 0.251 e. The first-order valence-corrected chi connectivity index (χ1v) is 11.6. The summed E-state index contributed by atoms with van der Waals surface area (Å²) < 4.78 is 0. The number of hydrogen-bond acceptors (Lipinski definition) is 3. The summed E-state index contributed by atoms with van der Waals surface area (Å²) in [6.07, 6.45) is 5.16. The number of halogens is 1. The molecule has 7 heteroatoms. The maximum absolute atomic E-state index is 12.8. The van der Waals surface area contributed by atoms with Crippen molar-refractivity contribution in [2.75, 3.05) is 6.54 Å². The van der Waals surface area contributed by atoms with Crippen LogP contribution in [-0.2, 0) is 11.3 Å². The number of rotatable bonds is 10. The van der Waals surface area contributed by atoms with E-state index >= 15 is 0 Å². The van der Waals surface area contributed by atoms with Gasteiger partial charge in [-0.05, 0) is 74.1 Å². The van der Waals surface area contributed by atoms with Crippen molar-refractivity contribution in [1.29, 1.82) is 0 Å². The molecule has 0 atom stereocenters. The Morgan fingerprint density at radius 2 is 1.50 bits per heavy atom. The highest BCUT2D eigenvalue weighted by Gasteiger charge is 2.32. The van der Waals surface area contributed by atoms with E-state index in [9.17, 15) is 14.4 Å². The Morgan fingerprint density at radius 1 is 0.875 bits per heavy atom. The van der Waals surface area contributed by atoms with Crippen LogP contribution in [0.25, 0.3) is 0 Å². The minimum atomic E-state index is -0.168.